The first kappa shape index (κ1) is 10.4. The van der Waals surface area contributed by atoms with Crippen LogP contribution in [0.1, 0.15) is 11.3 Å². The van der Waals surface area contributed by atoms with Crippen LogP contribution in [-0.4, -0.2) is 4.98 Å². The van der Waals surface area contributed by atoms with Gasteiger partial charge in [-0.1, -0.05) is 35.9 Å². The van der Waals surface area contributed by atoms with Crippen LogP contribution in [0.3, 0.4) is 0 Å². The molecule has 0 radical (unpaired) electrons. The summed E-state index contributed by atoms with van der Waals surface area (Å²) in [5, 5.41) is 8.63. The van der Waals surface area contributed by atoms with Crippen LogP contribution in [0, 0.1) is 18.3 Å². The molecule has 16 heavy (non-hydrogen) atoms. The summed E-state index contributed by atoms with van der Waals surface area (Å²) in [6.07, 6.45) is 0.361. The highest BCUT2D eigenvalue weighted by atomic mass is 14.7. The molecule has 2 rings (SSSR count). The molecular weight excluding hydrogens is 196 g/mol. The number of hydrogen-bond donors (Lipinski definition) is 0. The molecule has 0 saturated heterocycles. The molecule has 2 nitrogen and oxygen atoms in total. The van der Waals surface area contributed by atoms with Crippen molar-refractivity contribution in [2.75, 3.05) is 0 Å². The van der Waals surface area contributed by atoms with Gasteiger partial charge in [-0.05, 0) is 19.1 Å². The first-order valence-electron chi connectivity index (χ1n) is 5.19. The standard InChI is InChI=1S/C14H12N2/c1-11-5-7-12(8-6-11)14-4-2-3-13(16-14)9-10-15/h2-8H,9H2,1H3. The van der Waals surface area contributed by atoms with E-state index in [1.807, 2.05) is 30.3 Å². The van der Waals surface area contributed by atoms with Gasteiger partial charge in [0.05, 0.1) is 23.9 Å². The van der Waals surface area contributed by atoms with E-state index in [2.05, 4.69) is 30.1 Å². The Bertz CT molecular complexity index is 521. The van der Waals surface area contributed by atoms with E-state index >= 15 is 0 Å². The number of benzene rings is 1. The second kappa shape index (κ2) is 4.59. The number of pyridine rings is 1. The van der Waals surface area contributed by atoms with Crippen LogP contribution in [0.4, 0.5) is 0 Å². The van der Waals surface area contributed by atoms with Gasteiger partial charge in [0.15, 0.2) is 0 Å². The number of rotatable bonds is 2. The van der Waals surface area contributed by atoms with Gasteiger partial charge >= 0.3 is 0 Å². The third kappa shape index (κ3) is 2.26. The quantitative estimate of drug-likeness (QED) is 0.760. The Morgan fingerprint density at radius 1 is 1.12 bits per heavy atom. The third-order valence-electron chi connectivity index (χ3n) is 2.41. The van der Waals surface area contributed by atoms with Crippen molar-refractivity contribution < 1.29 is 0 Å². The van der Waals surface area contributed by atoms with E-state index in [1.165, 1.54) is 5.56 Å². The predicted octanol–water partition coefficient (Wildman–Crippen LogP) is 3.12. The minimum atomic E-state index is 0.361. The summed E-state index contributed by atoms with van der Waals surface area (Å²) in [6, 6.07) is 16.1. The Hall–Kier alpha value is -2.14. The monoisotopic (exact) mass is 208 g/mol. The zero-order valence-corrected chi connectivity index (χ0v) is 9.14. The molecule has 0 bridgehead atoms. The fourth-order valence-electron chi connectivity index (χ4n) is 1.54. The Labute approximate surface area is 95.2 Å². The maximum absolute atomic E-state index is 8.63. The van der Waals surface area contributed by atoms with Crippen molar-refractivity contribution in [1.29, 1.82) is 5.26 Å². The maximum atomic E-state index is 8.63. The molecule has 0 aliphatic heterocycles. The zero-order valence-electron chi connectivity index (χ0n) is 9.14. The lowest BCUT2D eigenvalue weighted by atomic mass is 10.1. The maximum Gasteiger partial charge on any atom is 0.0774 e. The van der Waals surface area contributed by atoms with Crippen molar-refractivity contribution >= 4 is 0 Å². The fourth-order valence-corrected chi connectivity index (χ4v) is 1.54. The van der Waals surface area contributed by atoms with Gasteiger partial charge in [-0.3, -0.25) is 4.98 Å². The van der Waals surface area contributed by atoms with Gasteiger partial charge in [0.1, 0.15) is 0 Å². The van der Waals surface area contributed by atoms with Crippen molar-refractivity contribution in [1.82, 2.24) is 4.98 Å². The summed E-state index contributed by atoms with van der Waals surface area (Å²) in [4.78, 5) is 4.44. The summed E-state index contributed by atoms with van der Waals surface area (Å²) < 4.78 is 0. The van der Waals surface area contributed by atoms with Crippen molar-refractivity contribution in [3.63, 3.8) is 0 Å². The normalized spacial score (nSPS) is 9.75. The molecule has 0 unspecified atom stereocenters. The molecule has 0 aliphatic carbocycles. The van der Waals surface area contributed by atoms with Crippen LogP contribution in [0.2, 0.25) is 0 Å². The highest BCUT2D eigenvalue weighted by Gasteiger charge is 2.00. The van der Waals surface area contributed by atoms with Gasteiger partial charge in [-0.2, -0.15) is 5.26 Å². The number of nitriles is 1. The van der Waals surface area contributed by atoms with Gasteiger partial charge in [0, 0.05) is 5.56 Å². The van der Waals surface area contributed by atoms with Crippen LogP contribution >= 0.6 is 0 Å². The Morgan fingerprint density at radius 2 is 1.88 bits per heavy atom. The molecule has 1 heterocycles. The molecule has 0 spiro atoms. The summed E-state index contributed by atoms with van der Waals surface area (Å²) in [5.41, 5.74) is 4.07. The molecule has 0 fully saturated rings. The summed E-state index contributed by atoms with van der Waals surface area (Å²) in [5.74, 6) is 0. The number of nitrogens with zero attached hydrogens (tertiary/aromatic N) is 2. The lowest BCUT2D eigenvalue weighted by Gasteiger charge is -2.02. The molecular formula is C14H12N2. The predicted molar refractivity (Wildman–Crippen MR) is 63.7 cm³/mol. The van der Waals surface area contributed by atoms with E-state index in [0.29, 0.717) is 6.42 Å². The van der Waals surface area contributed by atoms with E-state index in [9.17, 15) is 0 Å². The molecule has 0 aliphatic rings. The molecule has 0 N–H and O–H groups in total. The smallest absolute Gasteiger partial charge is 0.0774 e. The van der Waals surface area contributed by atoms with Crippen molar-refractivity contribution in [3.05, 3.63) is 53.7 Å². The summed E-state index contributed by atoms with van der Waals surface area (Å²) >= 11 is 0. The molecule has 2 aromatic rings. The Balaban J connectivity index is 2.37. The highest BCUT2D eigenvalue weighted by Crippen LogP contribution is 2.17. The van der Waals surface area contributed by atoms with Gasteiger partial charge in [0.2, 0.25) is 0 Å². The molecule has 0 saturated carbocycles. The van der Waals surface area contributed by atoms with E-state index < -0.39 is 0 Å². The first-order valence-corrected chi connectivity index (χ1v) is 5.19. The van der Waals surface area contributed by atoms with Gasteiger partial charge in [-0.15, -0.1) is 0 Å². The summed E-state index contributed by atoms with van der Waals surface area (Å²) in [7, 11) is 0. The molecule has 0 amide bonds. The van der Waals surface area contributed by atoms with Gasteiger partial charge in [-0.25, -0.2) is 0 Å². The third-order valence-corrected chi connectivity index (χ3v) is 2.41. The molecule has 78 valence electrons. The van der Waals surface area contributed by atoms with E-state index in [-0.39, 0.29) is 0 Å². The second-order valence-corrected chi connectivity index (χ2v) is 3.72. The van der Waals surface area contributed by atoms with E-state index in [4.69, 9.17) is 5.26 Å². The average Bonchev–Trinajstić information content (AvgIpc) is 2.31. The van der Waals surface area contributed by atoms with Gasteiger partial charge < -0.3 is 0 Å². The highest BCUT2D eigenvalue weighted by molar-refractivity contribution is 5.59. The second-order valence-electron chi connectivity index (χ2n) is 3.72. The molecule has 1 aromatic heterocycles. The first-order chi connectivity index (χ1) is 7.79. The van der Waals surface area contributed by atoms with Crippen LogP contribution in [0.25, 0.3) is 11.3 Å². The lowest BCUT2D eigenvalue weighted by Crippen LogP contribution is -1.90. The zero-order chi connectivity index (χ0) is 11.4. The van der Waals surface area contributed by atoms with Crippen LogP contribution < -0.4 is 0 Å². The Kier molecular flexibility index (Phi) is 2.98. The minimum Gasteiger partial charge on any atom is -0.252 e. The topological polar surface area (TPSA) is 36.7 Å². The number of aryl methyl sites for hydroxylation is 1. The van der Waals surface area contributed by atoms with Crippen molar-refractivity contribution in [3.8, 4) is 17.3 Å². The summed E-state index contributed by atoms with van der Waals surface area (Å²) in [6.45, 7) is 2.06. The molecule has 2 heteroatoms. The molecule has 0 atom stereocenters. The van der Waals surface area contributed by atoms with Crippen molar-refractivity contribution in [2.45, 2.75) is 13.3 Å². The molecule has 1 aromatic carbocycles. The van der Waals surface area contributed by atoms with Gasteiger partial charge in [0.25, 0.3) is 0 Å². The van der Waals surface area contributed by atoms with E-state index in [1.54, 1.807) is 0 Å². The SMILES string of the molecule is Cc1ccc(-c2cccc(CC#N)n2)cc1. The van der Waals surface area contributed by atoms with E-state index in [0.717, 1.165) is 17.0 Å². The average molecular weight is 208 g/mol. The minimum absolute atomic E-state index is 0.361. The lowest BCUT2D eigenvalue weighted by molar-refractivity contribution is 1.12. The number of aromatic nitrogens is 1. The largest absolute Gasteiger partial charge is 0.252 e. The number of hydrogen-bond acceptors (Lipinski definition) is 2. The fraction of sp³-hybridized carbons (Fsp3) is 0.143. The van der Waals surface area contributed by atoms with Crippen LogP contribution in [0.15, 0.2) is 42.5 Å². The van der Waals surface area contributed by atoms with Crippen LogP contribution in [0.5, 0.6) is 0 Å². The Morgan fingerprint density at radius 3 is 2.56 bits per heavy atom. The van der Waals surface area contributed by atoms with Crippen LogP contribution in [-0.2, 0) is 6.42 Å². The van der Waals surface area contributed by atoms with Crippen molar-refractivity contribution in [2.24, 2.45) is 0 Å².